The third kappa shape index (κ3) is 1.94. The van der Waals surface area contributed by atoms with Crippen LogP contribution >= 0.6 is 0 Å². The van der Waals surface area contributed by atoms with Crippen LogP contribution in [0.2, 0.25) is 0 Å². The van der Waals surface area contributed by atoms with E-state index in [4.69, 9.17) is 0 Å². The van der Waals surface area contributed by atoms with Gasteiger partial charge in [0.2, 0.25) is 11.5 Å². The molecule has 4 aliphatic carbocycles. The second kappa shape index (κ2) is 5.30. The predicted octanol–water partition coefficient (Wildman–Crippen LogP) is 3.45. The van der Waals surface area contributed by atoms with E-state index in [1.165, 1.54) is 6.08 Å². The quantitative estimate of drug-likeness (QED) is 0.749. The summed E-state index contributed by atoms with van der Waals surface area (Å²) in [7, 11) is 0. The molecule has 0 aromatic carbocycles. The van der Waals surface area contributed by atoms with Gasteiger partial charge >= 0.3 is 0 Å². The molecule has 6 atom stereocenters. The van der Waals surface area contributed by atoms with Gasteiger partial charge in [-0.2, -0.15) is 0 Å². The Bertz CT molecular complexity index is 790. The number of fused-ring (bicyclic) bond motifs is 5. The van der Waals surface area contributed by atoms with Crippen molar-refractivity contribution in [3.8, 4) is 0 Å². The number of carbonyl (C=O) groups is 3. The minimum atomic E-state index is -1.08. The Balaban J connectivity index is 1.79. The highest BCUT2D eigenvalue weighted by Gasteiger charge is 2.65. The molecule has 0 bridgehead atoms. The molecular formula is C21H26O5. The predicted molar refractivity (Wildman–Crippen MR) is 94.3 cm³/mol. The van der Waals surface area contributed by atoms with Gasteiger partial charge in [0.1, 0.15) is 11.6 Å². The Morgan fingerprint density at radius 2 is 1.85 bits per heavy atom. The minimum Gasteiger partial charge on any atom is -0.504 e. The second-order valence-corrected chi connectivity index (χ2v) is 9.11. The number of aliphatic hydroxyl groups excluding tert-OH is 2. The molecular weight excluding hydrogens is 332 g/mol. The number of rotatable bonds is 1. The molecule has 2 N–H and O–H groups in total. The third-order valence-electron chi connectivity index (χ3n) is 8.02. The number of allylic oxidation sites excluding steroid dienone is 3. The van der Waals surface area contributed by atoms with Gasteiger partial charge in [-0.25, -0.2) is 0 Å². The van der Waals surface area contributed by atoms with E-state index < -0.39 is 28.6 Å². The Labute approximate surface area is 153 Å². The molecule has 0 unspecified atom stereocenters. The maximum Gasteiger partial charge on any atom is 0.211 e. The van der Waals surface area contributed by atoms with Gasteiger partial charge in [0, 0.05) is 18.3 Å². The van der Waals surface area contributed by atoms with Crippen LogP contribution in [0.1, 0.15) is 52.9 Å². The SMILES string of the molecule is CC(=O)[C@H]1CC[C@H]2[C@@H]3CCC4=CC(O)=C(O)C(=O)[C@]4(C)[C@H]3C(=O)C[C@]12C. The Kier molecular flexibility index (Phi) is 3.57. The lowest BCUT2D eigenvalue weighted by atomic mass is 9.46. The van der Waals surface area contributed by atoms with Crippen molar-refractivity contribution in [3.05, 3.63) is 23.2 Å². The normalized spacial score (nSPS) is 45.0. The summed E-state index contributed by atoms with van der Waals surface area (Å²) in [5, 5.41) is 19.9. The van der Waals surface area contributed by atoms with Crippen molar-refractivity contribution in [1.82, 2.24) is 0 Å². The number of hydrogen-bond acceptors (Lipinski definition) is 5. The highest BCUT2D eigenvalue weighted by Crippen LogP contribution is 2.65. The lowest BCUT2D eigenvalue weighted by molar-refractivity contribution is -0.153. The first-order chi connectivity index (χ1) is 12.1. The van der Waals surface area contributed by atoms with Crippen molar-refractivity contribution < 1.29 is 24.6 Å². The molecule has 0 spiro atoms. The van der Waals surface area contributed by atoms with Gasteiger partial charge in [0.15, 0.2) is 5.76 Å². The summed E-state index contributed by atoms with van der Waals surface area (Å²) >= 11 is 0. The number of hydrogen-bond donors (Lipinski definition) is 2. The molecule has 0 heterocycles. The lowest BCUT2D eigenvalue weighted by Crippen LogP contribution is -2.57. The zero-order chi connectivity index (χ0) is 19.0. The molecule has 5 heteroatoms. The smallest absolute Gasteiger partial charge is 0.211 e. The topological polar surface area (TPSA) is 91.7 Å². The van der Waals surface area contributed by atoms with Crippen molar-refractivity contribution in [1.29, 1.82) is 0 Å². The number of Topliss-reactive ketones (excluding diaryl/α,β-unsaturated/α-hetero) is 3. The fraction of sp³-hybridized carbons (Fsp3) is 0.667. The highest BCUT2D eigenvalue weighted by atomic mass is 16.3. The maximum atomic E-state index is 13.3. The standard InChI is InChI=1S/C21H26O5/c1-10(22)13-6-7-14-12-5-4-11-8-15(23)18(25)19(26)21(11,3)17(12)16(24)9-20(13,14)2/h8,12-14,17,23,25H,4-7,9H2,1-3H3/t12-,13+,14-,17+,20+,21-/m0/s1. The second-order valence-electron chi connectivity index (χ2n) is 9.11. The Hall–Kier alpha value is -1.91. The molecule has 4 aliphatic rings. The van der Waals surface area contributed by atoms with Crippen LogP contribution in [0.4, 0.5) is 0 Å². The van der Waals surface area contributed by atoms with Gasteiger partial charge < -0.3 is 10.2 Å². The largest absolute Gasteiger partial charge is 0.504 e. The molecule has 26 heavy (non-hydrogen) atoms. The summed E-state index contributed by atoms with van der Waals surface area (Å²) in [6, 6.07) is 0. The summed E-state index contributed by atoms with van der Waals surface area (Å²) in [4.78, 5) is 38.4. The summed E-state index contributed by atoms with van der Waals surface area (Å²) in [6.45, 7) is 5.44. The van der Waals surface area contributed by atoms with Crippen molar-refractivity contribution in [2.75, 3.05) is 0 Å². The van der Waals surface area contributed by atoms with E-state index in [1.807, 2.05) is 0 Å². The summed E-state index contributed by atoms with van der Waals surface area (Å²) < 4.78 is 0. The van der Waals surface area contributed by atoms with Crippen molar-refractivity contribution in [3.63, 3.8) is 0 Å². The van der Waals surface area contributed by atoms with Crippen molar-refractivity contribution in [2.45, 2.75) is 52.9 Å². The number of aliphatic hydroxyl groups is 2. The van der Waals surface area contributed by atoms with E-state index in [0.717, 1.165) is 24.8 Å². The van der Waals surface area contributed by atoms with Gasteiger partial charge in [-0.15, -0.1) is 0 Å². The molecule has 5 nitrogen and oxygen atoms in total. The summed E-state index contributed by atoms with van der Waals surface area (Å²) in [6.07, 6.45) is 4.92. The molecule has 3 saturated carbocycles. The first-order valence-corrected chi connectivity index (χ1v) is 9.53. The van der Waals surface area contributed by atoms with Crippen LogP contribution in [0.25, 0.3) is 0 Å². The fourth-order valence-electron chi connectivity index (χ4n) is 6.85. The number of carbonyl (C=O) groups excluding carboxylic acids is 3. The minimum absolute atomic E-state index is 0.0255. The van der Waals surface area contributed by atoms with E-state index in [2.05, 4.69) is 6.92 Å². The average molecular weight is 358 g/mol. The molecule has 140 valence electrons. The molecule has 0 amide bonds. The van der Waals surface area contributed by atoms with Crippen molar-refractivity contribution >= 4 is 17.3 Å². The van der Waals surface area contributed by atoms with Crippen LogP contribution in [-0.2, 0) is 14.4 Å². The molecule has 4 rings (SSSR count). The zero-order valence-electron chi connectivity index (χ0n) is 15.5. The van der Waals surface area contributed by atoms with Gasteiger partial charge in [-0.3, -0.25) is 14.4 Å². The van der Waals surface area contributed by atoms with Crippen LogP contribution in [0.3, 0.4) is 0 Å². The fourth-order valence-corrected chi connectivity index (χ4v) is 6.85. The van der Waals surface area contributed by atoms with Gasteiger partial charge in [0.25, 0.3) is 0 Å². The van der Waals surface area contributed by atoms with E-state index >= 15 is 0 Å². The number of ketones is 3. The van der Waals surface area contributed by atoms with E-state index in [9.17, 15) is 24.6 Å². The lowest BCUT2D eigenvalue weighted by Gasteiger charge is -2.55. The molecule has 0 saturated heterocycles. The Morgan fingerprint density at radius 3 is 2.50 bits per heavy atom. The maximum absolute atomic E-state index is 13.3. The first kappa shape index (κ1) is 17.5. The molecule has 3 fully saturated rings. The molecule has 0 radical (unpaired) electrons. The molecule has 0 aromatic rings. The van der Waals surface area contributed by atoms with Gasteiger partial charge in [-0.05, 0) is 62.9 Å². The Morgan fingerprint density at radius 1 is 1.15 bits per heavy atom. The van der Waals surface area contributed by atoms with Crippen LogP contribution < -0.4 is 0 Å². The van der Waals surface area contributed by atoms with Gasteiger partial charge in [-0.1, -0.05) is 12.5 Å². The zero-order valence-corrected chi connectivity index (χ0v) is 15.5. The summed E-state index contributed by atoms with van der Waals surface area (Å²) in [5.41, 5.74) is -0.650. The third-order valence-corrected chi connectivity index (χ3v) is 8.02. The van der Waals surface area contributed by atoms with Crippen LogP contribution in [0.15, 0.2) is 23.2 Å². The molecule has 0 aliphatic heterocycles. The van der Waals surface area contributed by atoms with Crippen LogP contribution in [-0.4, -0.2) is 27.6 Å². The summed E-state index contributed by atoms with van der Waals surface area (Å²) in [5.74, 6) is -1.66. The average Bonchev–Trinajstić information content (AvgIpc) is 2.91. The van der Waals surface area contributed by atoms with E-state index in [1.54, 1.807) is 13.8 Å². The van der Waals surface area contributed by atoms with Gasteiger partial charge in [0.05, 0.1) is 5.41 Å². The highest BCUT2D eigenvalue weighted by molar-refractivity contribution is 6.05. The molecule has 0 aromatic heterocycles. The van der Waals surface area contributed by atoms with Crippen LogP contribution in [0, 0.1) is 34.5 Å². The monoisotopic (exact) mass is 358 g/mol. The van der Waals surface area contributed by atoms with E-state index in [0.29, 0.717) is 12.8 Å². The van der Waals surface area contributed by atoms with E-state index in [-0.39, 0.29) is 34.7 Å². The van der Waals surface area contributed by atoms with Crippen molar-refractivity contribution in [2.24, 2.45) is 34.5 Å². The van der Waals surface area contributed by atoms with Crippen LogP contribution in [0.5, 0.6) is 0 Å². The first-order valence-electron chi connectivity index (χ1n) is 9.53.